The Labute approximate surface area is 73.0 Å². The minimum absolute atomic E-state index is 0.233. The van der Waals surface area contributed by atoms with Gasteiger partial charge in [0.1, 0.15) is 6.20 Å². The molecule has 0 saturated carbocycles. The molecule has 6 heteroatoms. The number of rotatable bonds is 3. The van der Waals surface area contributed by atoms with Crippen molar-refractivity contribution >= 4 is 11.8 Å². The van der Waals surface area contributed by atoms with Crippen LogP contribution < -0.4 is 0 Å². The van der Waals surface area contributed by atoms with E-state index < -0.39 is 10.9 Å². The van der Waals surface area contributed by atoms with Crippen LogP contribution in [-0.2, 0) is 11.2 Å². The average molecular weight is 182 g/mol. The maximum absolute atomic E-state index is 10.3. The number of nitrogens with zero attached hydrogens (tertiary/aromatic N) is 2. The molecule has 68 valence electrons. The second-order valence-electron chi connectivity index (χ2n) is 2.35. The molecule has 1 N–H and O–H groups in total. The molecule has 0 radical (unpaired) electrons. The largest absolute Gasteiger partial charge is 0.481 e. The van der Waals surface area contributed by atoms with Gasteiger partial charge in [0.15, 0.2) is 0 Å². The maximum Gasteiger partial charge on any atom is 0.363 e. The predicted octanol–water partition coefficient (Wildman–Crippen LogP) is 0.617. The van der Waals surface area contributed by atoms with E-state index in [0.29, 0.717) is 5.56 Å². The number of nitro groups is 1. The van der Waals surface area contributed by atoms with Crippen molar-refractivity contribution in [2.24, 2.45) is 0 Å². The number of aromatic nitrogens is 1. The van der Waals surface area contributed by atoms with Crippen molar-refractivity contribution in [1.82, 2.24) is 4.98 Å². The highest BCUT2D eigenvalue weighted by atomic mass is 16.6. The molecule has 0 aliphatic heterocycles. The fraction of sp³-hybridized carbons (Fsp3) is 0.143. The third-order valence-electron chi connectivity index (χ3n) is 1.35. The van der Waals surface area contributed by atoms with Crippen LogP contribution in [0.5, 0.6) is 0 Å². The fourth-order valence-electron chi connectivity index (χ4n) is 0.845. The monoisotopic (exact) mass is 182 g/mol. The van der Waals surface area contributed by atoms with Gasteiger partial charge in [0, 0.05) is 6.07 Å². The van der Waals surface area contributed by atoms with Crippen molar-refractivity contribution in [2.75, 3.05) is 0 Å². The second-order valence-corrected chi connectivity index (χ2v) is 2.35. The van der Waals surface area contributed by atoms with Crippen LogP contribution in [0.25, 0.3) is 0 Å². The molecule has 0 aromatic carbocycles. The van der Waals surface area contributed by atoms with Crippen molar-refractivity contribution in [3.8, 4) is 0 Å². The van der Waals surface area contributed by atoms with Gasteiger partial charge < -0.3 is 15.2 Å². The third-order valence-corrected chi connectivity index (χ3v) is 1.35. The Morgan fingerprint density at radius 3 is 2.92 bits per heavy atom. The molecule has 1 rings (SSSR count). The highest BCUT2D eigenvalue weighted by Crippen LogP contribution is 2.09. The maximum atomic E-state index is 10.3. The zero-order chi connectivity index (χ0) is 9.84. The fourth-order valence-corrected chi connectivity index (χ4v) is 0.845. The van der Waals surface area contributed by atoms with Gasteiger partial charge in [0.05, 0.1) is 6.42 Å². The lowest BCUT2D eigenvalue weighted by Gasteiger charge is -1.95. The molecule has 0 aliphatic carbocycles. The number of carboxylic acids is 1. The zero-order valence-corrected chi connectivity index (χ0v) is 6.51. The van der Waals surface area contributed by atoms with E-state index in [0.717, 1.165) is 6.07 Å². The van der Waals surface area contributed by atoms with E-state index in [1.807, 2.05) is 0 Å². The first-order chi connectivity index (χ1) is 6.09. The Balaban J connectivity index is 2.91. The summed E-state index contributed by atoms with van der Waals surface area (Å²) in [6.07, 6.45) is 0.986. The van der Waals surface area contributed by atoms with Crippen molar-refractivity contribution in [3.63, 3.8) is 0 Å². The van der Waals surface area contributed by atoms with E-state index >= 15 is 0 Å². The van der Waals surface area contributed by atoms with E-state index in [9.17, 15) is 14.9 Å². The van der Waals surface area contributed by atoms with Crippen molar-refractivity contribution in [3.05, 3.63) is 34.0 Å². The molecule has 13 heavy (non-hydrogen) atoms. The molecule has 0 bridgehead atoms. The molecule has 6 nitrogen and oxygen atoms in total. The average Bonchev–Trinajstić information content (AvgIpc) is 2.03. The smallest absolute Gasteiger partial charge is 0.363 e. The standard InChI is InChI=1S/C7H6N2O4/c10-7(11)4-5-1-2-8-6(3-5)9(12)13/h1-3H,4H2,(H,10,11). The summed E-state index contributed by atoms with van der Waals surface area (Å²) in [5.74, 6) is -1.36. The van der Waals surface area contributed by atoms with Gasteiger partial charge in [-0.3, -0.25) is 4.79 Å². The summed E-state index contributed by atoms with van der Waals surface area (Å²) < 4.78 is 0. The first kappa shape index (κ1) is 9.11. The van der Waals surface area contributed by atoms with Crippen LogP contribution in [0.4, 0.5) is 5.82 Å². The minimum atomic E-state index is -1.03. The van der Waals surface area contributed by atoms with Crippen molar-refractivity contribution < 1.29 is 14.8 Å². The SMILES string of the molecule is O=C(O)Cc1ccnc([N+](=O)[O-])c1. The molecular formula is C7H6N2O4. The highest BCUT2D eigenvalue weighted by molar-refractivity contribution is 5.70. The molecule has 0 spiro atoms. The van der Waals surface area contributed by atoms with Crippen molar-refractivity contribution in [2.45, 2.75) is 6.42 Å². The van der Waals surface area contributed by atoms with Crippen LogP contribution in [0.2, 0.25) is 0 Å². The Morgan fingerprint density at radius 1 is 1.69 bits per heavy atom. The first-order valence-electron chi connectivity index (χ1n) is 3.40. The quantitative estimate of drug-likeness (QED) is 0.546. The Morgan fingerprint density at radius 2 is 2.38 bits per heavy atom. The first-order valence-corrected chi connectivity index (χ1v) is 3.40. The summed E-state index contributed by atoms with van der Waals surface area (Å²) in [7, 11) is 0. The number of aliphatic carboxylic acids is 1. The van der Waals surface area contributed by atoms with E-state index in [4.69, 9.17) is 5.11 Å². The van der Waals surface area contributed by atoms with Crippen LogP contribution in [-0.4, -0.2) is 21.0 Å². The highest BCUT2D eigenvalue weighted by Gasteiger charge is 2.08. The van der Waals surface area contributed by atoms with Crippen LogP contribution >= 0.6 is 0 Å². The molecule has 0 saturated heterocycles. The summed E-state index contributed by atoms with van der Waals surface area (Å²) in [4.78, 5) is 23.3. The summed E-state index contributed by atoms with van der Waals surface area (Å²) in [5, 5.41) is 18.6. The normalized spacial score (nSPS) is 9.54. The lowest BCUT2D eigenvalue weighted by Crippen LogP contribution is -2.01. The number of pyridine rings is 1. The van der Waals surface area contributed by atoms with E-state index in [-0.39, 0.29) is 12.2 Å². The summed E-state index contributed by atoms with van der Waals surface area (Å²) in [6, 6.07) is 2.58. The lowest BCUT2D eigenvalue weighted by molar-refractivity contribution is -0.389. The zero-order valence-electron chi connectivity index (χ0n) is 6.51. The van der Waals surface area contributed by atoms with Gasteiger partial charge in [-0.15, -0.1) is 0 Å². The number of hydrogen-bond acceptors (Lipinski definition) is 4. The van der Waals surface area contributed by atoms with Crippen LogP contribution in [0.3, 0.4) is 0 Å². The van der Waals surface area contributed by atoms with Gasteiger partial charge in [0.2, 0.25) is 0 Å². The number of carbonyl (C=O) groups is 1. The lowest BCUT2D eigenvalue weighted by atomic mass is 10.2. The summed E-state index contributed by atoms with van der Waals surface area (Å²) in [6.45, 7) is 0. The Bertz CT molecular complexity index is 350. The van der Waals surface area contributed by atoms with Gasteiger partial charge in [-0.1, -0.05) is 0 Å². The van der Waals surface area contributed by atoms with Crippen molar-refractivity contribution in [1.29, 1.82) is 0 Å². The molecule has 1 aromatic heterocycles. The van der Waals surface area contributed by atoms with Gasteiger partial charge in [-0.05, 0) is 21.5 Å². The molecule has 0 atom stereocenters. The van der Waals surface area contributed by atoms with Crippen LogP contribution in [0.1, 0.15) is 5.56 Å². The molecule has 0 unspecified atom stereocenters. The molecule has 0 aliphatic rings. The third kappa shape index (κ3) is 2.51. The predicted molar refractivity (Wildman–Crippen MR) is 42.2 cm³/mol. The molecule has 0 fully saturated rings. The topological polar surface area (TPSA) is 93.3 Å². The molecule has 1 heterocycles. The number of hydrogen-bond donors (Lipinski definition) is 1. The molecule has 1 aromatic rings. The second kappa shape index (κ2) is 3.61. The summed E-state index contributed by atoms with van der Waals surface area (Å²) >= 11 is 0. The van der Waals surface area contributed by atoms with Crippen LogP contribution in [0.15, 0.2) is 18.3 Å². The van der Waals surface area contributed by atoms with E-state index in [1.165, 1.54) is 12.3 Å². The summed E-state index contributed by atoms with van der Waals surface area (Å²) in [5.41, 5.74) is 0.370. The van der Waals surface area contributed by atoms with Gasteiger partial charge in [-0.2, -0.15) is 0 Å². The van der Waals surface area contributed by atoms with Gasteiger partial charge in [0.25, 0.3) is 0 Å². The van der Waals surface area contributed by atoms with Gasteiger partial charge >= 0.3 is 11.8 Å². The number of carboxylic acid groups (broad SMARTS) is 1. The molecule has 0 amide bonds. The van der Waals surface area contributed by atoms with Crippen LogP contribution in [0, 0.1) is 10.1 Å². The van der Waals surface area contributed by atoms with Gasteiger partial charge in [-0.25, -0.2) is 0 Å². The Kier molecular flexibility index (Phi) is 2.53. The Hall–Kier alpha value is -1.98. The van der Waals surface area contributed by atoms with E-state index in [2.05, 4.69) is 4.98 Å². The van der Waals surface area contributed by atoms with E-state index in [1.54, 1.807) is 0 Å². The molecular weight excluding hydrogens is 176 g/mol. The minimum Gasteiger partial charge on any atom is -0.481 e.